The number of carboxylic acid groups (broad SMARTS) is 1. The average molecular weight is 238 g/mol. The van der Waals surface area contributed by atoms with Crippen molar-refractivity contribution in [1.82, 2.24) is 14.9 Å². The molecule has 0 aliphatic carbocycles. The van der Waals surface area contributed by atoms with Gasteiger partial charge < -0.3 is 15.3 Å². The Morgan fingerprint density at radius 2 is 2.24 bits per heavy atom. The summed E-state index contributed by atoms with van der Waals surface area (Å²) < 4.78 is 0. The maximum atomic E-state index is 10.8. The number of nitrogens with one attached hydrogen (secondary N) is 1. The molecule has 0 spiro atoms. The van der Waals surface area contributed by atoms with Gasteiger partial charge in [-0.3, -0.25) is 0 Å². The van der Waals surface area contributed by atoms with E-state index in [0.29, 0.717) is 24.2 Å². The van der Waals surface area contributed by atoms with Gasteiger partial charge in [0, 0.05) is 18.8 Å². The molecule has 0 saturated carbocycles. The Kier molecular flexibility index (Phi) is 4.39. The minimum atomic E-state index is -1.00. The van der Waals surface area contributed by atoms with Gasteiger partial charge in [-0.2, -0.15) is 0 Å². The number of carboxylic acids is 1. The number of likely N-dealkylation sites (N-methyl/N-ethyl adjacent to an activating group) is 1. The molecule has 1 rings (SSSR count). The summed E-state index contributed by atoms with van der Waals surface area (Å²) in [6.45, 7) is 4.44. The summed E-state index contributed by atoms with van der Waals surface area (Å²) >= 11 is 0. The van der Waals surface area contributed by atoms with E-state index in [-0.39, 0.29) is 5.56 Å². The van der Waals surface area contributed by atoms with Crippen LogP contribution in [0.1, 0.15) is 23.0 Å². The molecule has 0 saturated heterocycles. The lowest BCUT2D eigenvalue weighted by Gasteiger charge is -2.19. The van der Waals surface area contributed by atoms with E-state index in [4.69, 9.17) is 5.11 Å². The van der Waals surface area contributed by atoms with Crippen molar-refractivity contribution in [3.8, 4) is 0 Å². The topological polar surface area (TPSA) is 78.4 Å². The van der Waals surface area contributed by atoms with Crippen LogP contribution < -0.4 is 5.32 Å². The van der Waals surface area contributed by atoms with Crippen LogP contribution in [0.2, 0.25) is 0 Å². The number of aromatic carboxylic acids is 1. The van der Waals surface area contributed by atoms with E-state index in [9.17, 15) is 4.79 Å². The highest BCUT2D eigenvalue weighted by Gasteiger charge is 2.10. The Labute approximate surface area is 101 Å². The first-order valence-electron chi connectivity index (χ1n) is 5.39. The molecule has 1 aromatic heterocycles. The molecular formula is C11H18N4O2. The predicted molar refractivity (Wildman–Crippen MR) is 65.4 cm³/mol. The quantitative estimate of drug-likeness (QED) is 0.791. The van der Waals surface area contributed by atoms with Crippen LogP contribution in [0.5, 0.6) is 0 Å². The van der Waals surface area contributed by atoms with Gasteiger partial charge in [-0.1, -0.05) is 0 Å². The lowest BCUT2D eigenvalue weighted by Crippen LogP contribution is -2.32. The van der Waals surface area contributed by atoms with Gasteiger partial charge >= 0.3 is 5.97 Å². The van der Waals surface area contributed by atoms with Crippen LogP contribution in [-0.2, 0) is 0 Å². The summed E-state index contributed by atoms with van der Waals surface area (Å²) in [5.74, 6) is -0.545. The highest BCUT2D eigenvalue weighted by Crippen LogP contribution is 2.07. The molecule has 1 unspecified atom stereocenters. The second-order valence-electron chi connectivity index (χ2n) is 4.19. The first-order chi connectivity index (χ1) is 7.91. The third-order valence-corrected chi connectivity index (χ3v) is 2.65. The second-order valence-corrected chi connectivity index (χ2v) is 4.19. The molecule has 17 heavy (non-hydrogen) atoms. The van der Waals surface area contributed by atoms with Crippen LogP contribution in [-0.4, -0.2) is 52.6 Å². The van der Waals surface area contributed by atoms with Crippen molar-refractivity contribution in [3.05, 3.63) is 17.5 Å². The second kappa shape index (κ2) is 5.58. The van der Waals surface area contributed by atoms with E-state index in [1.807, 2.05) is 14.1 Å². The van der Waals surface area contributed by atoms with Crippen molar-refractivity contribution in [3.63, 3.8) is 0 Å². The zero-order valence-corrected chi connectivity index (χ0v) is 10.6. The number of aryl methyl sites for hydroxylation is 1. The zero-order valence-electron chi connectivity index (χ0n) is 10.6. The number of anilines is 1. The first-order valence-corrected chi connectivity index (χ1v) is 5.39. The SMILES string of the molecule is Cc1nc(NCC(C)N(C)C)ncc1C(=O)O. The Morgan fingerprint density at radius 3 is 2.71 bits per heavy atom. The number of hydrogen-bond donors (Lipinski definition) is 2. The van der Waals surface area contributed by atoms with Crippen LogP contribution >= 0.6 is 0 Å². The van der Waals surface area contributed by atoms with Crippen LogP contribution in [0, 0.1) is 6.92 Å². The molecule has 0 aliphatic rings. The fourth-order valence-electron chi connectivity index (χ4n) is 1.18. The number of carbonyl (C=O) groups is 1. The van der Waals surface area contributed by atoms with E-state index in [1.165, 1.54) is 6.20 Å². The maximum Gasteiger partial charge on any atom is 0.339 e. The Hall–Kier alpha value is -1.69. The van der Waals surface area contributed by atoms with Crippen LogP contribution in [0.25, 0.3) is 0 Å². The predicted octanol–water partition coefficient (Wildman–Crippen LogP) is 0.845. The van der Waals surface area contributed by atoms with E-state index in [0.717, 1.165) is 0 Å². The Balaban J connectivity index is 2.68. The smallest absolute Gasteiger partial charge is 0.339 e. The Bertz CT molecular complexity index is 406. The van der Waals surface area contributed by atoms with Gasteiger partial charge in [-0.25, -0.2) is 14.8 Å². The van der Waals surface area contributed by atoms with Crippen LogP contribution in [0.4, 0.5) is 5.95 Å². The molecule has 0 aromatic carbocycles. The summed E-state index contributed by atoms with van der Waals surface area (Å²) in [7, 11) is 3.98. The van der Waals surface area contributed by atoms with Gasteiger partial charge in [-0.15, -0.1) is 0 Å². The third-order valence-electron chi connectivity index (χ3n) is 2.65. The molecule has 0 radical (unpaired) electrons. The summed E-state index contributed by atoms with van der Waals surface area (Å²) in [6, 6.07) is 0.345. The molecule has 0 aliphatic heterocycles. The number of rotatable bonds is 5. The molecule has 6 nitrogen and oxygen atoms in total. The molecule has 1 heterocycles. The highest BCUT2D eigenvalue weighted by atomic mass is 16.4. The van der Waals surface area contributed by atoms with Gasteiger partial charge in [0.05, 0.1) is 11.3 Å². The summed E-state index contributed by atoms with van der Waals surface area (Å²) in [5.41, 5.74) is 0.601. The monoisotopic (exact) mass is 238 g/mol. The summed E-state index contributed by atoms with van der Waals surface area (Å²) in [6.07, 6.45) is 1.33. The summed E-state index contributed by atoms with van der Waals surface area (Å²) in [5, 5.41) is 11.9. The van der Waals surface area contributed by atoms with Crippen molar-refractivity contribution in [2.45, 2.75) is 19.9 Å². The molecule has 2 N–H and O–H groups in total. The first kappa shape index (κ1) is 13.4. The molecule has 94 valence electrons. The lowest BCUT2D eigenvalue weighted by atomic mass is 10.2. The fourth-order valence-corrected chi connectivity index (χ4v) is 1.18. The van der Waals surface area contributed by atoms with Crippen molar-refractivity contribution >= 4 is 11.9 Å². The van der Waals surface area contributed by atoms with E-state index in [2.05, 4.69) is 27.1 Å². The van der Waals surface area contributed by atoms with Crippen LogP contribution in [0.3, 0.4) is 0 Å². The van der Waals surface area contributed by atoms with Gasteiger partial charge in [0.15, 0.2) is 0 Å². The zero-order chi connectivity index (χ0) is 13.0. The van der Waals surface area contributed by atoms with Crippen molar-refractivity contribution in [1.29, 1.82) is 0 Å². The van der Waals surface area contributed by atoms with Crippen LogP contribution in [0.15, 0.2) is 6.20 Å². The van der Waals surface area contributed by atoms with Gasteiger partial charge in [-0.05, 0) is 27.9 Å². The van der Waals surface area contributed by atoms with Gasteiger partial charge in [0.1, 0.15) is 0 Å². The van der Waals surface area contributed by atoms with E-state index < -0.39 is 5.97 Å². The molecule has 1 aromatic rings. The number of hydrogen-bond acceptors (Lipinski definition) is 5. The van der Waals surface area contributed by atoms with Crippen molar-refractivity contribution in [2.24, 2.45) is 0 Å². The maximum absolute atomic E-state index is 10.8. The molecule has 0 fully saturated rings. The minimum absolute atomic E-state index is 0.135. The van der Waals surface area contributed by atoms with Gasteiger partial charge in [0.25, 0.3) is 0 Å². The minimum Gasteiger partial charge on any atom is -0.478 e. The number of aromatic nitrogens is 2. The third kappa shape index (κ3) is 3.67. The largest absolute Gasteiger partial charge is 0.478 e. The number of nitrogens with zero attached hydrogens (tertiary/aromatic N) is 3. The summed E-state index contributed by atoms with van der Waals surface area (Å²) in [4.78, 5) is 20.9. The molecule has 6 heteroatoms. The average Bonchev–Trinajstić information content (AvgIpc) is 2.25. The normalized spacial score (nSPS) is 12.5. The Morgan fingerprint density at radius 1 is 1.59 bits per heavy atom. The van der Waals surface area contributed by atoms with E-state index in [1.54, 1.807) is 6.92 Å². The standard InChI is InChI=1S/C11H18N4O2/c1-7(15(3)4)5-12-11-13-6-9(10(16)17)8(2)14-11/h6-7H,5H2,1-4H3,(H,16,17)(H,12,13,14). The van der Waals surface area contributed by atoms with E-state index >= 15 is 0 Å². The van der Waals surface area contributed by atoms with Crippen molar-refractivity contribution < 1.29 is 9.90 Å². The molecular weight excluding hydrogens is 220 g/mol. The fraction of sp³-hybridized carbons (Fsp3) is 0.545. The molecule has 1 atom stereocenters. The molecule has 0 bridgehead atoms. The highest BCUT2D eigenvalue weighted by molar-refractivity contribution is 5.88. The van der Waals surface area contributed by atoms with Crippen molar-refractivity contribution in [2.75, 3.05) is 26.0 Å². The molecule has 0 amide bonds. The van der Waals surface area contributed by atoms with Gasteiger partial charge in [0.2, 0.25) is 5.95 Å². The lowest BCUT2D eigenvalue weighted by molar-refractivity contribution is 0.0695.